The van der Waals surface area contributed by atoms with Crippen LogP contribution in [-0.2, 0) is 25.4 Å². The highest BCUT2D eigenvalue weighted by Gasteiger charge is 2.54. The first-order chi connectivity index (χ1) is 28.3. The summed E-state index contributed by atoms with van der Waals surface area (Å²) in [5.74, 6) is 1.28. The molecule has 1 aliphatic carbocycles. The number of esters is 2. The SMILES string of the molecule is COC(=O)[C@H]1[C@H]2C[C@@H]3c4[nH]c5cc(OC)ccc5c4CCN3C[C@H]2C[C@@H](OC(=O)c2cc(OC)c(OC)c(OC)c2)[C@@H]1OC.c1ccc2[nH]c(-c3cscn3)nc2c1. The van der Waals surface area contributed by atoms with Crippen molar-refractivity contribution in [1.29, 1.82) is 0 Å². The van der Waals surface area contributed by atoms with Gasteiger partial charge >= 0.3 is 11.9 Å². The number of carbonyl (C=O) groups excluding carboxylic acids is 2. The van der Waals surface area contributed by atoms with Gasteiger partial charge in [0.05, 0.1) is 69.6 Å². The Bertz CT molecular complexity index is 2350. The quantitative estimate of drug-likeness (QED) is 0.147. The summed E-state index contributed by atoms with van der Waals surface area (Å²) < 4.78 is 39.1. The number of para-hydroxylation sites is 2. The van der Waals surface area contributed by atoms with Crippen LogP contribution in [0, 0.1) is 17.8 Å². The molecule has 2 N–H and O–H groups in total. The molecule has 2 fully saturated rings. The molecule has 3 aromatic carbocycles. The van der Waals surface area contributed by atoms with E-state index in [9.17, 15) is 9.59 Å². The van der Waals surface area contributed by atoms with Crippen molar-refractivity contribution >= 4 is 45.2 Å². The Morgan fingerprint density at radius 2 is 1.67 bits per heavy atom. The molecule has 6 aromatic rings. The van der Waals surface area contributed by atoms with Gasteiger partial charge in [0.15, 0.2) is 17.3 Å². The summed E-state index contributed by atoms with van der Waals surface area (Å²) in [4.78, 5) is 45.0. The summed E-state index contributed by atoms with van der Waals surface area (Å²) in [6.45, 7) is 1.68. The van der Waals surface area contributed by atoms with Crippen molar-refractivity contribution in [2.75, 3.05) is 55.7 Å². The molecule has 14 nitrogen and oxygen atoms in total. The number of benzene rings is 3. The molecule has 2 aliphatic heterocycles. The largest absolute Gasteiger partial charge is 0.497 e. The van der Waals surface area contributed by atoms with Gasteiger partial charge in [-0.1, -0.05) is 12.1 Å². The Hall–Kier alpha value is -5.64. The molecule has 5 heterocycles. The molecule has 6 atom stereocenters. The van der Waals surface area contributed by atoms with E-state index in [4.69, 9.17) is 33.2 Å². The second-order valence-electron chi connectivity index (χ2n) is 14.7. The summed E-state index contributed by atoms with van der Waals surface area (Å²) in [5.41, 5.74) is 8.58. The van der Waals surface area contributed by atoms with Gasteiger partial charge < -0.3 is 43.1 Å². The van der Waals surface area contributed by atoms with Crippen molar-refractivity contribution in [2.45, 2.75) is 37.5 Å². The van der Waals surface area contributed by atoms with Gasteiger partial charge in [-0.25, -0.2) is 14.8 Å². The Balaban J connectivity index is 0.000000279. The third-order valence-electron chi connectivity index (χ3n) is 11.8. The van der Waals surface area contributed by atoms with Gasteiger partial charge in [0.2, 0.25) is 5.75 Å². The molecular weight excluding hydrogens is 763 g/mol. The van der Waals surface area contributed by atoms with Gasteiger partial charge in [0.1, 0.15) is 23.7 Å². The fraction of sp³-hybridized carbons (Fsp3) is 0.395. The Labute approximate surface area is 339 Å². The minimum atomic E-state index is -0.670. The third kappa shape index (κ3) is 7.22. The van der Waals surface area contributed by atoms with Crippen molar-refractivity contribution in [3.8, 4) is 34.5 Å². The van der Waals surface area contributed by atoms with Crippen LogP contribution in [0.3, 0.4) is 0 Å². The minimum Gasteiger partial charge on any atom is -0.497 e. The smallest absolute Gasteiger partial charge is 0.338 e. The summed E-state index contributed by atoms with van der Waals surface area (Å²) in [5, 5.41) is 3.20. The summed E-state index contributed by atoms with van der Waals surface area (Å²) in [6, 6.07) is 17.4. The van der Waals surface area contributed by atoms with E-state index in [0.717, 1.165) is 59.7 Å². The number of nitrogens with zero attached hydrogens (tertiary/aromatic N) is 3. The first kappa shape index (κ1) is 39.2. The lowest BCUT2D eigenvalue weighted by atomic mass is 9.63. The van der Waals surface area contributed by atoms with Crippen LogP contribution in [0.2, 0.25) is 0 Å². The number of ether oxygens (including phenoxy) is 7. The first-order valence-electron chi connectivity index (χ1n) is 19.2. The summed E-state index contributed by atoms with van der Waals surface area (Å²) in [6.07, 6.45) is 0.920. The van der Waals surface area contributed by atoms with Crippen molar-refractivity contribution in [3.05, 3.63) is 82.3 Å². The maximum atomic E-state index is 13.5. The predicted octanol–water partition coefficient (Wildman–Crippen LogP) is 6.86. The van der Waals surface area contributed by atoms with E-state index < -0.39 is 24.1 Å². The molecule has 0 unspecified atom stereocenters. The number of thiazole rings is 1. The molecule has 1 saturated heterocycles. The molecule has 304 valence electrons. The highest BCUT2D eigenvalue weighted by molar-refractivity contribution is 7.07. The van der Waals surface area contributed by atoms with Crippen LogP contribution in [0.1, 0.15) is 40.5 Å². The number of carbonyl (C=O) groups is 2. The zero-order valence-corrected chi connectivity index (χ0v) is 34.1. The molecule has 0 bridgehead atoms. The van der Waals surface area contributed by atoms with E-state index in [2.05, 4.69) is 30.9 Å². The van der Waals surface area contributed by atoms with Gasteiger partial charge in [-0.2, -0.15) is 0 Å². The van der Waals surface area contributed by atoms with Crippen LogP contribution < -0.4 is 18.9 Å². The Morgan fingerprint density at radius 3 is 2.34 bits per heavy atom. The standard InChI is InChI=1S/C33H40N2O9.C10H7N3S/c1-38-19-7-8-20-21-9-10-35-16-18-13-27(44-32(36)17-11-25(39-2)30(41-4)26(12-17)40-3)31(42-5)28(33(37)43-6)22(18)15-24(35)29(21)34-23(20)14-19;1-2-4-8-7(3-1)12-10(13-8)9-5-14-6-11-9/h7-8,11-12,14,18,22,24,27-28,31,34H,9-10,13,15-16H2,1-6H3;1-6H,(H,12,13)/t18-,22+,24-,27-,28+,31+;/m1./s1. The Kier molecular flexibility index (Phi) is 11.3. The molecule has 15 heteroatoms. The number of methoxy groups -OCH3 is 6. The average Bonchev–Trinajstić information content (AvgIpc) is 4.04. The maximum Gasteiger partial charge on any atom is 0.338 e. The predicted molar refractivity (Wildman–Crippen MR) is 218 cm³/mol. The lowest BCUT2D eigenvalue weighted by Crippen LogP contribution is -2.58. The molecule has 58 heavy (non-hydrogen) atoms. The zero-order valence-electron chi connectivity index (χ0n) is 33.3. The highest BCUT2D eigenvalue weighted by atomic mass is 32.1. The van der Waals surface area contributed by atoms with Gasteiger partial charge in [-0.3, -0.25) is 9.69 Å². The highest BCUT2D eigenvalue weighted by Crippen LogP contribution is 2.51. The number of aromatic amines is 2. The van der Waals surface area contributed by atoms with Crippen LogP contribution in [0.5, 0.6) is 23.0 Å². The fourth-order valence-corrected chi connectivity index (χ4v) is 9.70. The van der Waals surface area contributed by atoms with Gasteiger partial charge in [-0.15, -0.1) is 11.3 Å². The van der Waals surface area contributed by atoms with Gasteiger partial charge in [0.25, 0.3) is 0 Å². The molecule has 0 spiro atoms. The van der Waals surface area contributed by atoms with E-state index in [1.54, 1.807) is 37.7 Å². The lowest BCUT2D eigenvalue weighted by Gasteiger charge is -2.52. The molecule has 9 rings (SSSR count). The van der Waals surface area contributed by atoms with Crippen LogP contribution in [-0.4, -0.2) is 105 Å². The van der Waals surface area contributed by atoms with E-state index in [1.165, 1.54) is 45.1 Å². The minimum absolute atomic E-state index is 0.0170. The number of hydrogen-bond acceptors (Lipinski definition) is 13. The van der Waals surface area contributed by atoms with Crippen LogP contribution in [0.25, 0.3) is 33.5 Å². The number of imidazole rings is 1. The van der Waals surface area contributed by atoms with Gasteiger partial charge in [0, 0.05) is 48.2 Å². The van der Waals surface area contributed by atoms with Crippen molar-refractivity contribution < 1.29 is 42.7 Å². The van der Waals surface area contributed by atoms with Crippen LogP contribution in [0.15, 0.2) is 65.5 Å². The van der Waals surface area contributed by atoms with Crippen LogP contribution in [0.4, 0.5) is 0 Å². The number of rotatable bonds is 9. The number of hydrogen-bond donors (Lipinski definition) is 2. The molecule has 3 aromatic heterocycles. The second kappa shape index (κ2) is 16.7. The number of piperidine rings is 1. The van der Waals surface area contributed by atoms with Crippen molar-refractivity contribution in [1.82, 2.24) is 24.8 Å². The Morgan fingerprint density at radius 1 is 0.879 bits per heavy atom. The topological polar surface area (TPSA) is 159 Å². The molecular formula is C43H47N5O9S. The molecule has 1 saturated carbocycles. The van der Waals surface area contributed by atoms with Crippen LogP contribution >= 0.6 is 11.3 Å². The number of aromatic nitrogens is 4. The molecule has 0 amide bonds. The fourth-order valence-electron chi connectivity index (χ4n) is 9.17. The monoisotopic (exact) mass is 809 g/mol. The molecule has 0 radical (unpaired) electrons. The average molecular weight is 810 g/mol. The number of fused-ring (bicyclic) bond motifs is 7. The second-order valence-corrected chi connectivity index (χ2v) is 15.4. The van der Waals surface area contributed by atoms with E-state index >= 15 is 0 Å². The normalized spacial score (nSPS) is 22.4. The lowest BCUT2D eigenvalue weighted by molar-refractivity contribution is -0.176. The summed E-state index contributed by atoms with van der Waals surface area (Å²) >= 11 is 1.57. The summed E-state index contributed by atoms with van der Waals surface area (Å²) in [7, 11) is 9.10. The number of H-pyrrole nitrogens is 2. The van der Waals surface area contributed by atoms with E-state index in [0.29, 0.717) is 23.7 Å². The molecule has 3 aliphatic rings. The van der Waals surface area contributed by atoms with E-state index in [1.807, 2.05) is 47.3 Å². The third-order valence-corrected chi connectivity index (χ3v) is 12.4. The van der Waals surface area contributed by atoms with Crippen molar-refractivity contribution in [3.63, 3.8) is 0 Å². The van der Waals surface area contributed by atoms with Gasteiger partial charge in [-0.05, 0) is 73.1 Å². The number of nitrogens with one attached hydrogen (secondary N) is 2. The van der Waals surface area contributed by atoms with E-state index in [-0.39, 0.29) is 29.4 Å². The zero-order chi connectivity index (χ0) is 40.5. The first-order valence-corrected chi connectivity index (χ1v) is 20.1. The van der Waals surface area contributed by atoms with Crippen molar-refractivity contribution in [2.24, 2.45) is 17.8 Å². The maximum absolute atomic E-state index is 13.5.